The van der Waals surface area contributed by atoms with Crippen molar-refractivity contribution in [3.8, 4) is 69.0 Å². The van der Waals surface area contributed by atoms with Crippen LogP contribution in [0.2, 0.25) is 0 Å². The highest BCUT2D eigenvalue weighted by Gasteiger charge is 2.22. The summed E-state index contributed by atoms with van der Waals surface area (Å²) in [6.45, 7) is 32.1. The molecule has 2 heterocycles. The van der Waals surface area contributed by atoms with Gasteiger partial charge in [0.1, 0.15) is 79.3 Å². The fraction of sp³-hybridized carbons (Fsp3) is 0.471. The van der Waals surface area contributed by atoms with E-state index in [-0.39, 0.29) is 21.7 Å². The molecule has 0 saturated carbocycles. The average molecular weight is 1130 g/mol. The summed E-state index contributed by atoms with van der Waals surface area (Å²) in [6.07, 6.45) is 0. The maximum absolute atomic E-state index is 6.13. The van der Waals surface area contributed by atoms with Crippen molar-refractivity contribution >= 4 is 0 Å². The maximum Gasteiger partial charge on any atom is 0.161 e. The van der Waals surface area contributed by atoms with Crippen LogP contribution in [0.25, 0.3) is 0 Å². The first-order valence-electron chi connectivity index (χ1n) is 28.7. The number of benzene rings is 6. The number of hydrogen-bond acceptors (Lipinski definition) is 14. The summed E-state index contributed by atoms with van der Waals surface area (Å²) >= 11 is 0. The van der Waals surface area contributed by atoms with Gasteiger partial charge in [0, 0.05) is 0 Å². The van der Waals surface area contributed by atoms with Crippen LogP contribution in [0.4, 0.5) is 0 Å². The fourth-order valence-corrected chi connectivity index (χ4v) is 8.46. The Morgan fingerprint density at radius 2 is 0.354 bits per heavy atom. The van der Waals surface area contributed by atoms with Gasteiger partial charge in [0.15, 0.2) is 69.0 Å². The van der Waals surface area contributed by atoms with Gasteiger partial charge in [-0.1, -0.05) is 132 Å². The zero-order valence-electron chi connectivity index (χ0n) is 50.6. The van der Waals surface area contributed by atoms with E-state index in [1.54, 1.807) is 0 Å². The summed E-state index contributed by atoms with van der Waals surface area (Å²) in [4.78, 5) is 0. The number of ether oxygens (including phenoxy) is 14. The molecule has 0 amide bonds. The second-order valence-electron chi connectivity index (χ2n) is 23.9. The molecule has 0 aromatic heterocycles. The predicted molar refractivity (Wildman–Crippen MR) is 321 cm³/mol. The molecule has 14 heteroatoms. The van der Waals surface area contributed by atoms with Crippen molar-refractivity contribution in [1.82, 2.24) is 0 Å². The summed E-state index contributed by atoms with van der Waals surface area (Å²) in [5.41, 5.74) is 4.57. The molecule has 0 bridgehead atoms. The lowest BCUT2D eigenvalue weighted by molar-refractivity contribution is 0.0743. The van der Waals surface area contributed by atoms with Crippen LogP contribution in [0, 0.1) is 0 Å². The van der Waals surface area contributed by atoms with Gasteiger partial charge in [0.25, 0.3) is 0 Å². The maximum atomic E-state index is 6.13. The second kappa shape index (κ2) is 29.7. The van der Waals surface area contributed by atoms with Crippen LogP contribution in [0.3, 0.4) is 0 Å². The number of fused-ring (bicyclic) bond motifs is 6. The van der Waals surface area contributed by atoms with E-state index < -0.39 is 0 Å². The van der Waals surface area contributed by atoms with E-state index in [4.69, 9.17) is 66.3 Å². The molecule has 0 aliphatic carbocycles. The molecule has 0 N–H and O–H groups in total. The Hall–Kier alpha value is -7.16. The van der Waals surface area contributed by atoms with Crippen LogP contribution in [0.5, 0.6) is 69.0 Å². The molecule has 6 aromatic carbocycles. The Bertz CT molecular complexity index is 2520. The molecule has 0 saturated heterocycles. The van der Waals surface area contributed by atoms with Crippen molar-refractivity contribution < 1.29 is 66.3 Å². The highest BCUT2D eigenvalue weighted by Crippen LogP contribution is 2.38. The third-order valence-corrected chi connectivity index (χ3v) is 13.3. The zero-order chi connectivity index (χ0) is 58.6. The van der Waals surface area contributed by atoms with Gasteiger partial charge >= 0.3 is 0 Å². The van der Waals surface area contributed by atoms with Crippen molar-refractivity contribution in [2.75, 3.05) is 106 Å². The van der Waals surface area contributed by atoms with Gasteiger partial charge in [-0.3, -0.25) is 0 Å². The summed E-state index contributed by atoms with van der Waals surface area (Å²) in [6, 6.07) is 39.5. The third-order valence-electron chi connectivity index (χ3n) is 13.3. The lowest BCUT2D eigenvalue weighted by Crippen LogP contribution is -2.15. The lowest BCUT2D eigenvalue weighted by Gasteiger charge is -2.22. The molecular weight excluding hydrogens is 1040 g/mol. The van der Waals surface area contributed by atoms with Crippen molar-refractivity contribution in [3.63, 3.8) is 0 Å². The van der Waals surface area contributed by atoms with Gasteiger partial charge in [-0.25, -0.2) is 0 Å². The fourth-order valence-electron chi connectivity index (χ4n) is 8.46. The van der Waals surface area contributed by atoms with Gasteiger partial charge in [0.2, 0.25) is 0 Å². The molecule has 14 nitrogen and oxygen atoms in total. The third kappa shape index (κ3) is 19.5. The van der Waals surface area contributed by atoms with E-state index in [2.05, 4.69) is 107 Å². The molecule has 0 unspecified atom stereocenters. The minimum absolute atomic E-state index is 0.0210. The minimum atomic E-state index is -0.0210. The summed E-state index contributed by atoms with van der Waals surface area (Å²) in [5.74, 6) is 8.03. The molecule has 2 aliphatic heterocycles. The topological polar surface area (TPSA) is 129 Å². The molecule has 2 aliphatic rings. The van der Waals surface area contributed by atoms with Gasteiger partial charge in [-0.15, -0.1) is 0 Å². The van der Waals surface area contributed by atoms with Crippen LogP contribution in [-0.2, 0) is 31.1 Å². The summed E-state index contributed by atoms with van der Waals surface area (Å²) in [5, 5.41) is 0. The van der Waals surface area contributed by atoms with Crippen LogP contribution >= 0.6 is 0 Å². The highest BCUT2D eigenvalue weighted by molar-refractivity contribution is 5.48. The van der Waals surface area contributed by atoms with Gasteiger partial charge in [0.05, 0.1) is 26.4 Å². The molecule has 82 heavy (non-hydrogen) atoms. The molecule has 0 fully saturated rings. The van der Waals surface area contributed by atoms with Crippen molar-refractivity contribution in [2.45, 2.75) is 105 Å². The van der Waals surface area contributed by atoms with E-state index in [0.29, 0.717) is 175 Å². The van der Waals surface area contributed by atoms with Gasteiger partial charge in [-0.05, 0) is 117 Å². The monoisotopic (exact) mass is 1130 g/mol. The second-order valence-corrected chi connectivity index (χ2v) is 23.9. The Morgan fingerprint density at radius 3 is 0.537 bits per heavy atom. The summed E-state index contributed by atoms with van der Waals surface area (Å²) < 4.78 is 84.4. The van der Waals surface area contributed by atoms with E-state index in [1.807, 2.05) is 97.1 Å². The van der Waals surface area contributed by atoms with Crippen LogP contribution in [-0.4, -0.2) is 106 Å². The Kier molecular flexibility index (Phi) is 22.6. The Labute approximate surface area is 487 Å². The number of hydrogen-bond donors (Lipinski definition) is 0. The van der Waals surface area contributed by atoms with Gasteiger partial charge < -0.3 is 66.3 Å². The smallest absolute Gasteiger partial charge is 0.161 e. The van der Waals surface area contributed by atoms with E-state index in [9.17, 15) is 0 Å². The van der Waals surface area contributed by atoms with Crippen molar-refractivity contribution in [2.24, 2.45) is 0 Å². The van der Waals surface area contributed by atoms with Crippen molar-refractivity contribution in [3.05, 3.63) is 144 Å². The van der Waals surface area contributed by atoms with Crippen LogP contribution in [0.1, 0.15) is 105 Å². The van der Waals surface area contributed by atoms with Crippen LogP contribution < -0.4 is 56.8 Å². The lowest BCUT2D eigenvalue weighted by atomic mass is 9.87. The summed E-state index contributed by atoms with van der Waals surface area (Å²) in [7, 11) is 0. The molecule has 8 rings (SSSR count). The Morgan fingerprint density at radius 1 is 0.195 bits per heavy atom. The molecule has 6 aromatic rings. The molecule has 0 atom stereocenters. The first kappa shape index (κ1) is 62.4. The Balaban J connectivity index is 0.000000236. The van der Waals surface area contributed by atoms with Crippen LogP contribution in [0.15, 0.2) is 121 Å². The SMILES string of the molecule is CC(C)(C)c1ccc2c(c1)OCCOc1ccccc1OCCOc1cc(C(C)(C)C)ccc1OCCOCCO2.CC(C)(C)c1ccc2c(c1)OCCOc1ccccc1OCCOc1cc(C(C)(C)C)ccc1OCCOCCO2. The zero-order valence-corrected chi connectivity index (χ0v) is 50.6. The normalized spacial score (nSPS) is 15.9. The quantitative estimate of drug-likeness (QED) is 0.143. The van der Waals surface area contributed by atoms with E-state index in [0.717, 1.165) is 22.3 Å². The van der Waals surface area contributed by atoms with Gasteiger partial charge in [-0.2, -0.15) is 0 Å². The standard InChI is InChI=1S/2C34H44O7/c2*1-33(2,3)25-11-13-29-31(23-25)40-21-19-38-27-9-7-8-10-28(27)39-20-22-41-32-24-26(34(4,5)6)12-14-30(32)37-18-16-35-15-17-36-29/h2*7-14,23-24H,15-22H2,1-6H3. The first-order chi connectivity index (χ1) is 39.2. The predicted octanol–water partition coefficient (Wildman–Crippen LogP) is 14.0. The highest BCUT2D eigenvalue weighted by atomic mass is 16.6. The van der Waals surface area contributed by atoms with E-state index in [1.165, 1.54) is 0 Å². The number of para-hydroxylation sites is 4. The minimum Gasteiger partial charge on any atom is -0.487 e. The largest absolute Gasteiger partial charge is 0.487 e. The number of rotatable bonds is 0. The molecular formula is C68H88O14. The molecule has 444 valence electrons. The first-order valence-corrected chi connectivity index (χ1v) is 28.7. The van der Waals surface area contributed by atoms with E-state index >= 15 is 0 Å². The van der Waals surface area contributed by atoms with Crippen molar-refractivity contribution in [1.29, 1.82) is 0 Å². The molecule has 0 spiro atoms. The average Bonchev–Trinajstić information content (AvgIpc) is 3.50. The molecule has 0 radical (unpaired) electrons.